The van der Waals surface area contributed by atoms with Crippen LogP contribution in [0, 0.1) is 12.7 Å². The van der Waals surface area contributed by atoms with Crippen LogP contribution in [0.5, 0.6) is 5.75 Å². The summed E-state index contributed by atoms with van der Waals surface area (Å²) < 4.78 is 22.4. The Balaban J connectivity index is 1.67. The maximum absolute atomic E-state index is 14.5. The number of halogens is 1. The average Bonchev–Trinajstić information content (AvgIpc) is 3.28. The highest BCUT2D eigenvalue weighted by molar-refractivity contribution is 7.20. The van der Waals surface area contributed by atoms with Crippen molar-refractivity contribution in [2.24, 2.45) is 0 Å². The third-order valence-electron chi connectivity index (χ3n) is 5.15. The van der Waals surface area contributed by atoms with Crippen molar-refractivity contribution in [2.75, 3.05) is 12.4 Å². The van der Waals surface area contributed by atoms with Crippen LogP contribution in [0.2, 0.25) is 0 Å². The van der Waals surface area contributed by atoms with Crippen LogP contribution in [-0.2, 0) is 4.79 Å². The van der Waals surface area contributed by atoms with Gasteiger partial charge in [-0.15, -0.1) is 0 Å². The van der Waals surface area contributed by atoms with Crippen molar-refractivity contribution in [1.82, 2.24) is 14.8 Å². The topological polar surface area (TPSA) is 69.0 Å². The summed E-state index contributed by atoms with van der Waals surface area (Å²) >= 11 is 1.45. The van der Waals surface area contributed by atoms with Gasteiger partial charge < -0.3 is 10.1 Å². The Hall–Kier alpha value is -3.26. The second-order valence-electron chi connectivity index (χ2n) is 6.92. The van der Waals surface area contributed by atoms with Crippen molar-refractivity contribution in [3.05, 3.63) is 65.1 Å². The predicted octanol–water partition coefficient (Wildman–Crippen LogP) is 4.41. The highest BCUT2D eigenvalue weighted by atomic mass is 32.1. The van der Waals surface area contributed by atoms with E-state index >= 15 is 0 Å². The normalized spacial score (nSPS) is 16.0. The van der Waals surface area contributed by atoms with Crippen LogP contribution in [0.4, 0.5) is 10.2 Å². The van der Waals surface area contributed by atoms with Gasteiger partial charge in [0.05, 0.1) is 23.0 Å². The van der Waals surface area contributed by atoms with E-state index in [9.17, 15) is 9.18 Å². The number of methoxy groups -OCH3 is 1. The number of aryl methyl sites for hydroxylation is 1. The number of nitrogens with zero attached hydrogens (tertiary/aromatic N) is 3. The number of thiazole rings is 1. The molecule has 0 radical (unpaired) electrons. The van der Waals surface area contributed by atoms with Gasteiger partial charge in [-0.05, 0) is 36.8 Å². The highest BCUT2D eigenvalue weighted by Gasteiger charge is 2.34. The van der Waals surface area contributed by atoms with Crippen molar-refractivity contribution >= 4 is 33.3 Å². The highest BCUT2D eigenvalue weighted by Crippen LogP contribution is 2.41. The number of benzene rings is 2. The molecule has 3 heterocycles. The van der Waals surface area contributed by atoms with Gasteiger partial charge in [-0.2, -0.15) is 9.78 Å². The molecule has 0 aliphatic carbocycles. The van der Waals surface area contributed by atoms with Crippen molar-refractivity contribution in [3.8, 4) is 10.9 Å². The molecule has 29 heavy (non-hydrogen) atoms. The van der Waals surface area contributed by atoms with Gasteiger partial charge in [0.1, 0.15) is 17.4 Å². The molecule has 2 aromatic carbocycles. The monoisotopic (exact) mass is 408 g/mol. The zero-order valence-electron chi connectivity index (χ0n) is 15.8. The fourth-order valence-electron chi connectivity index (χ4n) is 3.82. The second-order valence-corrected chi connectivity index (χ2v) is 7.93. The van der Waals surface area contributed by atoms with Crippen molar-refractivity contribution in [3.63, 3.8) is 0 Å². The minimum atomic E-state index is -0.386. The smallest absolute Gasteiger partial charge is 0.226 e. The van der Waals surface area contributed by atoms with Crippen molar-refractivity contribution in [2.45, 2.75) is 19.3 Å². The van der Waals surface area contributed by atoms with E-state index in [2.05, 4.69) is 15.4 Å². The van der Waals surface area contributed by atoms with Crippen LogP contribution in [0.25, 0.3) is 15.3 Å². The van der Waals surface area contributed by atoms with E-state index in [0.29, 0.717) is 16.5 Å². The molecule has 0 unspecified atom stereocenters. The maximum Gasteiger partial charge on any atom is 0.226 e. The van der Waals surface area contributed by atoms with Crippen LogP contribution >= 0.6 is 11.3 Å². The van der Waals surface area contributed by atoms with E-state index in [4.69, 9.17) is 4.74 Å². The Morgan fingerprint density at radius 1 is 1.28 bits per heavy atom. The van der Waals surface area contributed by atoms with Gasteiger partial charge >= 0.3 is 0 Å². The zero-order valence-corrected chi connectivity index (χ0v) is 16.6. The molecule has 1 N–H and O–H groups in total. The lowest BCUT2D eigenvalue weighted by atomic mass is 9.85. The van der Waals surface area contributed by atoms with Gasteiger partial charge in [-0.1, -0.05) is 29.5 Å². The molecule has 146 valence electrons. The van der Waals surface area contributed by atoms with Crippen LogP contribution in [-0.4, -0.2) is 27.8 Å². The number of aromatic nitrogens is 3. The van der Waals surface area contributed by atoms with Crippen LogP contribution < -0.4 is 10.1 Å². The van der Waals surface area contributed by atoms with E-state index in [1.807, 2.05) is 25.1 Å². The Labute approximate surface area is 170 Å². The van der Waals surface area contributed by atoms with Crippen LogP contribution in [0.1, 0.15) is 29.2 Å². The first kappa shape index (κ1) is 17.8. The SMILES string of the molecule is COc1ccc2nc(-n3nc(C)c4c3NC(=O)C[C@@H]4c3ccccc3F)sc2c1. The molecule has 1 amide bonds. The zero-order chi connectivity index (χ0) is 20.1. The predicted molar refractivity (Wildman–Crippen MR) is 110 cm³/mol. The lowest BCUT2D eigenvalue weighted by molar-refractivity contribution is -0.116. The van der Waals surface area contributed by atoms with E-state index in [0.717, 1.165) is 27.2 Å². The van der Waals surface area contributed by atoms with Gasteiger partial charge in [0.25, 0.3) is 0 Å². The Morgan fingerprint density at radius 2 is 2.10 bits per heavy atom. The third-order valence-corrected chi connectivity index (χ3v) is 6.14. The number of hydrogen-bond acceptors (Lipinski definition) is 5. The molecule has 0 fully saturated rings. The van der Waals surface area contributed by atoms with E-state index in [1.165, 1.54) is 17.4 Å². The minimum absolute atomic E-state index is 0.172. The molecule has 6 nitrogen and oxygen atoms in total. The molecule has 0 bridgehead atoms. The standard InChI is InChI=1S/C21H17FN4O2S/c1-11-19-14(13-5-3-4-6-15(13)22)10-18(27)24-20(19)26(25-11)21-23-16-8-7-12(28-2)9-17(16)29-21/h3-9,14H,10H2,1-2H3,(H,24,27)/t14-/m1/s1. The summed E-state index contributed by atoms with van der Waals surface area (Å²) in [4.78, 5) is 17.1. The molecule has 4 aromatic rings. The third kappa shape index (κ3) is 2.87. The lowest BCUT2D eigenvalue weighted by Crippen LogP contribution is -2.25. The van der Waals surface area contributed by atoms with Gasteiger partial charge in [0.15, 0.2) is 0 Å². The lowest BCUT2D eigenvalue weighted by Gasteiger charge is -2.24. The molecular formula is C21H17FN4O2S. The Kier molecular flexibility index (Phi) is 4.09. The summed E-state index contributed by atoms with van der Waals surface area (Å²) in [6.45, 7) is 1.87. The number of rotatable bonds is 3. The number of amides is 1. The van der Waals surface area contributed by atoms with Crippen molar-refractivity contribution in [1.29, 1.82) is 0 Å². The first-order valence-electron chi connectivity index (χ1n) is 9.14. The number of carbonyl (C=O) groups excluding carboxylic acids is 1. The average molecular weight is 408 g/mol. The van der Waals surface area contributed by atoms with Crippen molar-refractivity contribution < 1.29 is 13.9 Å². The summed E-state index contributed by atoms with van der Waals surface area (Å²) in [5.74, 6) is 0.424. The van der Waals surface area contributed by atoms with Crippen LogP contribution in [0.15, 0.2) is 42.5 Å². The minimum Gasteiger partial charge on any atom is -0.497 e. The summed E-state index contributed by atoms with van der Waals surface area (Å²) in [5.41, 5.74) is 2.89. The first-order chi connectivity index (χ1) is 14.0. The molecule has 0 saturated carbocycles. The molecule has 1 aliphatic heterocycles. The van der Waals surface area contributed by atoms with Crippen LogP contribution in [0.3, 0.4) is 0 Å². The fraction of sp³-hybridized carbons (Fsp3) is 0.190. The van der Waals surface area contributed by atoms with E-state index < -0.39 is 0 Å². The van der Waals surface area contributed by atoms with E-state index in [1.54, 1.807) is 30.0 Å². The van der Waals surface area contributed by atoms with Gasteiger partial charge in [-0.25, -0.2) is 9.37 Å². The summed E-state index contributed by atoms with van der Waals surface area (Å²) in [6.07, 6.45) is 0.178. The maximum atomic E-state index is 14.5. The number of fused-ring (bicyclic) bond motifs is 2. The number of hydrogen-bond donors (Lipinski definition) is 1. The largest absolute Gasteiger partial charge is 0.497 e. The fourth-order valence-corrected chi connectivity index (χ4v) is 4.77. The molecule has 1 aliphatic rings. The van der Waals surface area contributed by atoms with E-state index in [-0.39, 0.29) is 24.1 Å². The van der Waals surface area contributed by atoms with Gasteiger partial charge in [-0.3, -0.25) is 4.79 Å². The summed E-state index contributed by atoms with van der Waals surface area (Å²) in [7, 11) is 1.62. The van der Waals surface area contributed by atoms with Gasteiger partial charge in [0, 0.05) is 17.9 Å². The Morgan fingerprint density at radius 3 is 2.90 bits per heavy atom. The second kappa shape index (κ2) is 6.66. The first-order valence-corrected chi connectivity index (χ1v) is 9.95. The quantitative estimate of drug-likeness (QED) is 0.545. The molecule has 8 heteroatoms. The summed E-state index contributed by atoms with van der Waals surface area (Å²) in [6, 6.07) is 12.2. The number of ether oxygens (including phenoxy) is 1. The summed E-state index contributed by atoms with van der Waals surface area (Å²) in [5, 5.41) is 8.18. The molecule has 0 saturated heterocycles. The molecule has 0 spiro atoms. The number of nitrogens with one attached hydrogen (secondary N) is 1. The number of anilines is 1. The number of carbonyl (C=O) groups is 1. The molecule has 1 atom stereocenters. The molecule has 5 rings (SSSR count). The Bertz CT molecular complexity index is 1260. The molecule has 2 aromatic heterocycles. The molecular weight excluding hydrogens is 391 g/mol. The van der Waals surface area contributed by atoms with Gasteiger partial charge in [0.2, 0.25) is 11.0 Å².